The summed E-state index contributed by atoms with van der Waals surface area (Å²) in [4.78, 5) is 4.15. The van der Waals surface area contributed by atoms with Crippen LogP contribution in [0.4, 0.5) is 18.9 Å². The molecule has 0 unspecified atom stereocenters. The minimum atomic E-state index is -4.36. The van der Waals surface area contributed by atoms with Gasteiger partial charge in [0.05, 0.1) is 12.2 Å². The Bertz CT molecular complexity index is 522. The number of ether oxygens (including phenoxy) is 1. The number of hydrogen-bond acceptors (Lipinski definition) is 5. The lowest BCUT2D eigenvalue weighted by molar-refractivity contribution is -0.211. The van der Waals surface area contributed by atoms with Crippen LogP contribution >= 0.6 is 35.0 Å². The molecule has 0 radical (unpaired) electrons. The standard InChI is InChI=1S/C11H10Cl2F3N3OS/c12-10(13,14)11(15,16)20-8-3-1-7(2-4-8)18-19-9-17-5-6-21-9/h1-4,18H,5-6H2,(H,17,19). The molecule has 0 saturated carbocycles. The monoisotopic (exact) mass is 359 g/mol. The van der Waals surface area contributed by atoms with Crippen molar-refractivity contribution in [1.82, 2.24) is 5.43 Å². The van der Waals surface area contributed by atoms with Crippen LogP contribution in [-0.4, -0.2) is 28.2 Å². The summed E-state index contributed by atoms with van der Waals surface area (Å²) >= 11 is 11.0. The average Bonchev–Trinajstić information content (AvgIpc) is 2.89. The van der Waals surface area contributed by atoms with Crippen LogP contribution in [0, 0.1) is 0 Å². The van der Waals surface area contributed by atoms with Gasteiger partial charge in [-0.25, -0.2) is 0 Å². The number of nitrogens with zero attached hydrogens (tertiary/aromatic N) is 1. The third kappa shape index (κ3) is 4.49. The van der Waals surface area contributed by atoms with Crippen molar-refractivity contribution in [2.75, 3.05) is 17.7 Å². The first-order valence-corrected chi connectivity index (χ1v) is 7.45. The van der Waals surface area contributed by atoms with E-state index in [0.717, 1.165) is 17.5 Å². The molecule has 1 aliphatic rings. The van der Waals surface area contributed by atoms with Gasteiger partial charge in [0.1, 0.15) is 5.75 Å². The maximum atomic E-state index is 13.2. The van der Waals surface area contributed by atoms with Crippen molar-refractivity contribution < 1.29 is 17.9 Å². The van der Waals surface area contributed by atoms with Crippen LogP contribution in [0.15, 0.2) is 29.3 Å². The number of rotatable bonds is 5. The van der Waals surface area contributed by atoms with Crippen LogP contribution in [0.3, 0.4) is 0 Å². The minimum absolute atomic E-state index is 0.276. The normalized spacial score (nSPS) is 15.6. The van der Waals surface area contributed by atoms with E-state index in [1.807, 2.05) is 0 Å². The zero-order valence-corrected chi connectivity index (χ0v) is 12.7. The molecule has 2 N–H and O–H groups in total. The molecule has 1 aromatic rings. The van der Waals surface area contributed by atoms with Crippen molar-refractivity contribution in [3.05, 3.63) is 24.3 Å². The summed E-state index contributed by atoms with van der Waals surface area (Å²) in [6.07, 6.45) is -4.36. The minimum Gasteiger partial charge on any atom is -0.428 e. The van der Waals surface area contributed by atoms with Gasteiger partial charge < -0.3 is 4.74 Å². The van der Waals surface area contributed by atoms with E-state index in [1.54, 1.807) is 11.8 Å². The molecule has 0 fully saturated rings. The van der Waals surface area contributed by atoms with Crippen LogP contribution in [0.5, 0.6) is 5.75 Å². The van der Waals surface area contributed by atoms with Gasteiger partial charge in [0.2, 0.25) is 0 Å². The van der Waals surface area contributed by atoms with Crippen LogP contribution in [0.2, 0.25) is 0 Å². The van der Waals surface area contributed by atoms with Crippen molar-refractivity contribution in [3.8, 4) is 5.75 Å². The van der Waals surface area contributed by atoms with E-state index < -0.39 is 10.7 Å². The highest BCUT2D eigenvalue weighted by molar-refractivity contribution is 8.14. The highest BCUT2D eigenvalue weighted by Gasteiger charge is 2.56. The van der Waals surface area contributed by atoms with Crippen molar-refractivity contribution in [2.24, 2.45) is 4.99 Å². The summed E-state index contributed by atoms with van der Waals surface area (Å²) in [6.45, 7) is 0.748. The van der Waals surface area contributed by atoms with Crippen molar-refractivity contribution in [2.45, 2.75) is 10.7 Å². The van der Waals surface area contributed by atoms with Gasteiger partial charge in [-0.3, -0.25) is 15.8 Å². The number of anilines is 1. The molecule has 1 heterocycles. The molecule has 116 valence electrons. The molecule has 0 aromatic heterocycles. The van der Waals surface area contributed by atoms with Crippen LogP contribution in [0.1, 0.15) is 0 Å². The summed E-state index contributed by atoms with van der Waals surface area (Å²) < 4.78 is 39.5. The van der Waals surface area contributed by atoms with Crippen molar-refractivity contribution >= 4 is 45.8 Å². The lowest BCUT2D eigenvalue weighted by atomic mass is 10.3. The predicted octanol–water partition coefficient (Wildman–Crippen LogP) is 3.78. The fourth-order valence-electron chi connectivity index (χ4n) is 1.35. The Morgan fingerprint density at radius 1 is 1.14 bits per heavy atom. The first-order chi connectivity index (χ1) is 9.78. The molecule has 1 aliphatic heterocycles. The molecule has 10 heteroatoms. The van der Waals surface area contributed by atoms with E-state index in [4.69, 9.17) is 23.2 Å². The third-order valence-electron chi connectivity index (χ3n) is 2.33. The highest BCUT2D eigenvalue weighted by atomic mass is 35.5. The Hall–Kier alpha value is -0.990. The number of benzene rings is 1. The third-order valence-corrected chi connectivity index (χ3v) is 3.66. The topological polar surface area (TPSA) is 45.6 Å². The molecule has 0 bridgehead atoms. The molecule has 0 amide bonds. The Kier molecular flexibility index (Phi) is 5.00. The Labute approximate surface area is 133 Å². The van der Waals surface area contributed by atoms with E-state index in [0.29, 0.717) is 5.69 Å². The second-order valence-corrected chi connectivity index (χ2v) is 6.25. The molecule has 1 aromatic carbocycles. The van der Waals surface area contributed by atoms with Crippen LogP contribution in [0.25, 0.3) is 0 Å². The number of amidine groups is 1. The number of aliphatic imine (C=N–C) groups is 1. The number of hydrazine groups is 1. The van der Waals surface area contributed by atoms with E-state index in [9.17, 15) is 13.2 Å². The number of nitrogens with one attached hydrogen (secondary N) is 2. The molecule has 0 saturated heterocycles. The molecule has 4 nitrogen and oxygen atoms in total. The van der Waals surface area contributed by atoms with Gasteiger partial charge >= 0.3 is 10.7 Å². The fraction of sp³-hybridized carbons (Fsp3) is 0.364. The molecule has 0 atom stereocenters. The van der Waals surface area contributed by atoms with E-state index in [1.165, 1.54) is 24.3 Å². The number of alkyl halides is 5. The predicted molar refractivity (Wildman–Crippen MR) is 79.1 cm³/mol. The van der Waals surface area contributed by atoms with E-state index in [2.05, 4.69) is 20.6 Å². The fourth-order valence-corrected chi connectivity index (χ4v) is 2.11. The maximum Gasteiger partial charge on any atom is 0.463 e. The second-order valence-electron chi connectivity index (χ2n) is 3.93. The van der Waals surface area contributed by atoms with Crippen molar-refractivity contribution in [1.29, 1.82) is 0 Å². The molecular formula is C11H10Cl2F3N3OS. The lowest BCUT2D eigenvalue weighted by Crippen LogP contribution is -2.40. The van der Waals surface area contributed by atoms with Gasteiger partial charge in [0.15, 0.2) is 5.17 Å². The zero-order valence-electron chi connectivity index (χ0n) is 10.4. The maximum absolute atomic E-state index is 13.2. The number of halogens is 5. The van der Waals surface area contributed by atoms with E-state index >= 15 is 0 Å². The summed E-state index contributed by atoms with van der Waals surface area (Å²) in [5, 5.41) is 0.744. The van der Waals surface area contributed by atoms with Gasteiger partial charge in [-0.1, -0.05) is 35.0 Å². The molecular weight excluding hydrogens is 350 g/mol. The molecule has 0 aliphatic carbocycles. The van der Waals surface area contributed by atoms with Gasteiger partial charge in [-0.2, -0.15) is 13.2 Å². The zero-order chi connectivity index (χ0) is 15.5. The van der Waals surface area contributed by atoms with Gasteiger partial charge in [-0.15, -0.1) is 0 Å². The largest absolute Gasteiger partial charge is 0.463 e. The molecule has 0 spiro atoms. The van der Waals surface area contributed by atoms with Crippen molar-refractivity contribution in [3.63, 3.8) is 0 Å². The van der Waals surface area contributed by atoms with Gasteiger partial charge in [0.25, 0.3) is 0 Å². The van der Waals surface area contributed by atoms with E-state index in [-0.39, 0.29) is 5.75 Å². The Balaban J connectivity index is 1.92. The van der Waals surface area contributed by atoms with Gasteiger partial charge in [0, 0.05) is 5.75 Å². The highest BCUT2D eigenvalue weighted by Crippen LogP contribution is 2.41. The lowest BCUT2D eigenvalue weighted by Gasteiger charge is -2.22. The first kappa shape index (κ1) is 16.4. The summed E-state index contributed by atoms with van der Waals surface area (Å²) in [6, 6.07) is 5.37. The summed E-state index contributed by atoms with van der Waals surface area (Å²) in [7, 11) is 0. The number of hydrogen-bond donors (Lipinski definition) is 2. The van der Waals surface area contributed by atoms with Crippen LogP contribution < -0.4 is 15.6 Å². The average molecular weight is 360 g/mol. The summed E-state index contributed by atoms with van der Waals surface area (Å²) in [5.41, 5.74) is 6.28. The molecule has 21 heavy (non-hydrogen) atoms. The summed E-state index contributed by atoms with van der Waals surface area (Å²) in [5.74, 6) is 0.634. The molecule has 2 rings (SSSR count). The number of thioether (sulfide) groups is 1. The Morgan fingerprint density at radius 2 is 1.81 bits per heavy atom. The first-order valence-electron chi connectivity index (χ1n) is 5.71. The second kappa shape index (κ2) is 6.41. The van der Waals surface area contributed by atoms with Gasteiger partial charge in [-0.05, 0) is 24.3 Å². The smallest absolute Gasteiger partial charge is 0.428 e. The quantitative estimate of drug-likeness (QED) is 0.620. The SMILES string of the molecule is FC(Cl)(Cl)C(F)(F)Oc1ccc(NNC2=NCCS2)cc1. The Morgan fingerprint density at radius 3 is 2.33 bits per heavy atom. The van der Waals surface area contributed by atoms with Crippen LogP contribution in [-0.2, 0) is 0 Å².